The highest BCUT2D eigenvalue weighted by atomic mass is 16.5. The Hall–Kier alpha value is -0.0800. The first-order chi connectivity index (χ1) is 6.84. The summed E-state index contributed by atoms with van der Waals surface area (Å²) < 4.78 is 5.52. The molecule has 2 aliphatic rings. The van der Waals surface area contributed by atoms with E-state index in [9.17, 15) is 0 Å². The third kappa shape index (κ3) is 2.96. The fourth-order valence-corrected chi connectivity index (χ4v) is 2.65. The van der Waals surface area contributed by atoms with Crippen LogP contribution >= 0.6 is 0 Å². The summed E-state index contributed by atoms with van der Waals surface area (Å²) in [6.07, 6.45) is 6.77. The average Bonchev–Trinajstić information content (AvgIpc) is 2.23. The average molecular weight is 197 g/mol. The number of piperidine rings is 1. The Kier molecular flexibility index (Phi) is 3.82. The summed E-state index contributed by atoms with van der Waals surface area (Å²) in [7, 11) is 0. The zero-order valence-electron chi connectivity index (χ0n) is 9.30. The molecule has 0 radical (unpaired) electrons. The molecule has 0 aliphatic carbocycles. The summed E-state index contributed by atoms with van der Waals surface area (Å²) in [5.41, 5.74) is 0. The maximum atomic E-state index is 5.52. The molecule has 0 aromatic heterocycles. The molecule has 0 bridgehead atoms. The number of hydrogen-bond acceptors (Lipinski definition) is 2. The minimum absolute atomic E-state index is 0.776. The third-order valence-corrected chi connectivity index (χ3v) is 3.64. The van der Waals surface area contributed by atoms with Gasteiger partial charge in [-0.3, -0.25) is 0 Å². The summed E-state index contributed by atoms with van der Waals surface area (Å²) in [4.78, 5) is 0. The molecule has 0 aromatic carbocycles. The van der Waals surface area contributed by atoms with Crippen LogP contribution in [0.1, 0.15) is 39.0 Å². The van der Waals surface area contributed by atoms with Gasteiger partial charge in [-0.2, -0.15) is 0 Å². The van der Waals surface area contributed by atoms with Gasteiger partial charge in [0.2, 0.25) is 0 Å². The van der Waals surface area contributed by atoms with Crippen molar-refractivity contribution in [2.24, 2.45) is 11.8 Å². The Morgan fingerprint density at radius 3 is 2.86 bits per heavy atom. The van der Waals surface area contributed by atoms with Gasteiger partial charge in [0.05, 0.1) is 0 Å². The van der Waals surface area contributed by atoms with Crippen LogP contribution in [0.15, 0.2) is 0 Å². The van der Waals surface area contributed by atoms with Crippen LogP contribution in [0.4, 0.5) is 0 Å². The van der Waals surface area contributed by atoms with Gasteiger partial charge in [0.15, 0.2) is 0 Å². The SMILES string of the molecule is CC1CCC(CC2CCCOC2)NC1. The van der Waals surface area contributed by atoms with Crippen LogP contribution in [0.2, 0.25) is 0 Å². The van der Waals surface area contributed by atoms with Crippen LogP contribution in [0.3, 0.4) is 0 Å². The van der Waals surface area contributed by atoms with E-state index in [4.69, 9.17) is 4.74 Å². The van der Waals surface area contributed by atoms with Crippen molar-refractivity contribution < 1.29 is 4.74 Å². The molecule has 0 aromatic rings. The second-order valence-electron chi connectivity index (χ2n) is 5.11. The Balaban J connectivity index is 1.68. The standard InChI is InChI=1S/C12H23NO/c1-10-4-5-12(13-8-10)7-11-3-2-6-14-9-11/h10-13H,2-9H2,1H3. The van der Waals surface area contributed by atoms with Crippen molar-refractivity contribution in [3.05, 3.63) is 0 Å². The van der Waals surface area contributed by atoms with Gasteiger partial charge in [0.25, 0.3) is 0 Å². The molecule has 2 fully saturated rings. The van der Waals surface area contributed by atoms with E-state index in [1.54, 1.807) is 0 Å². The maximum absolute atomic E-state index is 5.52. The lowest BCUT2D eigenvalue weighted by molar-refractivity contribution is 0.0455. The molecule has 1 N–H and O–H groups in total. The smallest absolute Gasteiger partial charge is 0.0494 e. The van der Waals surface area contributed by atoms with E-state index in [0.29, 0.717) is 0 Å². The van der Waals surface area contributed by atoms with Gasteiger partial charge in [0, 0.05) is 19.3 Å². The molecule has 3 unspecified atom stereocenters. The maximum Gasteiger partial charge on any atom is 0.0494 e. The van der Waals surface area contributed by atoms with Gasteiger partial charge in [-0.05, 0) is 50.5 Å². The summed E-state index contributed by atoms with van der Waals surface area (Å²) in [5.74, 6) is 1.71. The van der Waals surface area contributed by atoms with Crippen LogP contribution in [0, 0.1) is 11.8 Å². The molecule has 2 saturated heterocycles. The number of nitrogens with one attached hydrogen (secondary N) is 1. The highest BCUT2D eigenvalue weighted by molar-refractivity contribution is 4.79. The second kappa shape index (κ2) is 5.13. The molecule has 3 atom stereocenters. The van der Waals surface area contributed by atoms with E-state index in [-0.39, 0.29) is 0 Å². The topological polar surface area (TPSA) is 21.3 Å². The first-order valence-electron chi connectivity index (χ1n) is 6.15. The molecule has 2 nitrogen and oxygen atoms in total. The van der Waals surface area contributed by atoms with Crippen molar-refractivity contribution >= 4 is 0 Å². The molecule has 2 heterocycles. The summed E-state index contributed by atoms with van der Waals surface area (Å²) in [6.45, 7) is 5.56. The predicted molar refractivity (Wildman–Crippen MR) is 58.3 cm³/mol. The van der Waals surface area contributed by atoms with Crippen LogP contribution < -0.4 is 5.32 Å². The quantitative estimate of drug-likeness (QED) is 0.732. The lowest BCUT2D eigenvalue weighted by Crippen LogP contribution is -2.40. The minimum Gasteiger partial charge on any atom is -0.381 e. The molecule has 0 spiro atoms. The molecule has 82 valence electrons. The first kappa shape index (κ1) is 10.4. The number of rotatable bonds is 2. The summed E-state index contributed by atoms with van der Waals surface area (Å²) in [5, 5.41) is 3.66. The Bertz CT molecular complexity index is 158. The predicted octanol–water partition coefficient (Wildman–Crippen LogP) is 2.19. The van der Waals surface area contributed by atoms with Gasteiger partial charge in [-0.15, -0.1) is 0 Å². The monoisotopic (exact) mass is 197 g/mol. The Labute approximate surface area is 87.4 Å². The van der Waals surface area contributed by atoms with Crippen molar-refractivity contribution in [2.75, 3.05) is 19.8 Å². The van der Waals surface area contributed by atoms with E-state index < -0.39 is 0 Å². The highest BCUT2D eigenvalue weighted by Crippen LogP contribution is 2.23. The van der Waals surface area contributed by atoms with E-state index in [1.165, 1.54) is 38.6 Å². The molecular formula is C12H23NO. The highest BCUT2D eigenvalue weighted by Gasteiger charge is 2.22. The van der Waals surface area contributed by atoms with Gasteiger partial charge in [-0.1, -0.05) is 6.92 Å². The fourth-order valence-electron chi connectivity index (χ4n) is 2.65. The zero-order valence-corrected chi connectivity index (χ0v) is 9.30. The van der Waals surface area contributed by atoms with Crippen molar-refractivity contribution in [1.29, 1.82) is 0 Å². The Morgan fingerprint density at radius 2 is 2.21 bits per heavy atom. The van der Waals surface area contributed by atoms with Crippen molar-refractivity contribution in [3.63, 3.8) is 0 Å². The number of ether oxygens (including phenoxy) is 1. The van der Waals surface area contributed by atoms with E-state index in [0.717, 1.165) is 31.1 Å². The number of hydrogen-bond donors (Lipinski definition) is 1. The van der Waals surface area contributed by atoms with E-state index in [2.05, 4.69) is 12.2 Å². The summed E-state index contributed by atoms with van der Waals surface area (Å²) in [6, 6.07) is 0.776. The molecule has 14 heavy (non-hydrogen) atoms. The van der Waals surface area contributed by atoms with Crippen LogP contribution in [-0.2, 0) is 4.74 Å². The van der Waals surface area contributed by atoms with E-state index >= 15 is 0 Å². The van der Waals surface area contributed by atoms with Crippen molar-refractivity contribution in [3.8, 4) is 0 Å². The van der Waals surface area contributed by atoms with Gasteiger partial charge in [-0.25, -0.2) is 0 Å². The van der Waals surface area contributed by atoms with Crippen LogP contribution in [0.25, 0.3) is 0 Å². The molecule has 2 rings (SSSR count). The first-order valence-corrected chi connectivity index (χ1v) is 6.15. The van der Waals surface area contributed by atoms with Crippen LogP contribution in [0.5, 0.6) is 0 Å². The minimum atomic E-state index is 0.776. The zero-order chi connectivity index (χ0) is 9.80. The van der Waals surface area contributed by atoms with Crippen LogP contribution in [-0.4, -0.2) is 25.8 Å². The molecule has 0 amide bonds. The largest absolute Gasteiger partial charge is 0.381 e. The van der Waals surface area contributed by atoms with Crippen molar-refractivity contribution in [1.82, 2.24) is 5.32 Å². The van der Waals surface area contributed by atoms with Gasteiger partial charge < -0.3 is 10.1 Å². The molecular weight excluding hydrogens is 174 g/mol. The third-order valence-electron chi connectivity index (χ3n) is 3.64. The molecule has 2 heteroatoms. The van der Waals surface area contributed by atoms with Gasteiger partial charge in [0.1, 0.15) is 0 Å². The Morgan fingerprint density at radius 1 is 1.29 bits per heavy atom. The normalized spacial score (nSPS) is 39.6. The van der Waals surface area contributed by atoms with Crippen molar-refractivity contribution in [2.45, 2.75) is 45.1 Å². The second-order valence-corrected chi connectivity index (χ2v) is 5.11. The summed E-state index contributed by atoms with van der Waals surface area (Å²) >= 11 is 0. The lowest BCUT2D eigenvalue weighted by Gasteiger charge is -2.32. The fraction of sp³-hybridized carbons (Fsp3) is 1.00. The van der Waals surface area contributed by atoms with Gasteiger partial charge >= 0.3 is 0 Å². The molecule has 0 saturated carbocycles. The van der Waals surface area contributed by atoms with E-state index in [1.807, 2.05) is 0 Å². The lowest BCUT2D eigenvalue weighted by atomic mass is 9.88. The molecule has 2 aliphatic heterocycles.